The molecule has 494 valence electrons. The van der Waals surface area contributed by atoms with Gasteiger partial charge in [-0.2, -0.15) is 0 Å². The number of fused-ring (bicyclic) bond motifs is 3. The number of rotatable bonds is 13. The number of Topliss-reactive ketones (excluding diaryl/α,β-unsaturated/α-hetero) is 2. The van der Waals surface area contributed by atoms with Crippen LogP contribution in [-0.2, 0) is 52.3 Å². The molecule has 0 aromatic heterocycles. The molecule has 0 spiro atoms. The third-order valence-electron chi connectivity index (χ3n) is 18.2. The van der Waals surface area contributed by atoms with Gasteiger partial charge in [0.15, 0.2) is 5.78 Å². The first kappa shape index (κ1) is 71.9. The van der Waals surface area contributed by atoms with Gasteiger partial charge in [-0.1, -0.05) is 83.6 Å². The number of benzene rings is 2. The first-order chi connectivity index (χ1) is 42.8. The van der Waals surface area contributed by atoms with Gasteiger partial charge in [-0.05, 0) is 132 Å². The number of nitro groups is 2. The molecule has 16 atom stereocenters. The molecule has 2 aromatic carbocycles. The van der Waals surface area contributed by atoms with Gasteiger partial charge in [0, 0.05) is 88.7 Å². The molecule has 1 saturated carbocycles. The lowest BCUT2D eigenvalue weighted by Gasteiger charge is -2.43. The van der Waals surface area contributed by atoms with Gasteiger partial charge in [-0.25, -0.2) is 14.4 Å². The number of hydrogen-bond donors (Lipinski definition) is 1. The molecular formula is C67H91N3O20. The van der Waals surface area contributed by atoms with Crippen LogP contribution in [0.5, 0.6) is 11.5 Å². The summed E-state index contributed by atoms with van der Waals surface area (Å²) in [4.78, 5) is 109. The second kappa shape index (κ2) is 33.8. The number of nitro benzene ring substituents is 2. The Morgan fingerprint density at radius 1 is 0.733 bits per heavy atom. The minimum absolute atomic E-state index is 0.00262. The van der Waals surface area contributed by atoms with Gasteiger partial charge in [0.25, 0.3) is 23.1 Å². The number of carbonyl (C=O) groups is 6. The fraction of sp³-hybridized carbons (Fsp3) is 0.612. The van der Waals surface area contributed by atoms with Gasteiger partial charge in [0.2, 0.25) is 5.79 Å². The number of ether oxygens (including phenoxy) is 9. The zero-order valence-electron chi connectivity index (χ0n) is 53.7. The van der Waals surface area contributed by atoms with Gasteiger partial charge in [-0.3, -0.25) is 34.6 Å². The number of hydrogen-bond acceptors (Lipinski definition) is 20. The standard InChI is InChI=1S/C67H91N3O20/c1-12-53-42(4)35-43(5)58(89-66(76)86-51-30-25-49(26-31-51)70(80)81)39-57(44(6)36-47-22-32-55(59(37-47)83-10)88-65(75)85-50-28-23-48(24-29-50)69(78)79)87-64(74)54-20-16-17-33-68(54)63(73)62(72)67(77)46(8)21-27-52(90-67)38-56(82-9)41(3)19-15-13-14-18-40(2)34-45(7)60(71)61(53)84-11/h13-15,18-19,23-26,28-31,35,40,43-47,52-59,61,77H,12,16-17,20-22,27,32-34,36-39H2,1-11H3/b15-13+,18-14+,41-19+,42-35+/t40-,43-,44-,45-,46-,47+,52+,53-,54+,55-,56+,57+,58-,59-,61-,67-/m1/s1. The number of ketones is 2. The zero-order chi connectivity index (χ0) is 66.0. The molecule has 1 N–H and O–H groups in total. The van der Waals surface area contributed by atoms with E-state index < -0.39 is 124 Å². The summed E-state index contributed by atoms with van der Waals surface area (Å²) in [6.07, 6.45) is 8.28. The molecule has 2 saturated heterocycles. The Morgan fingerprint density at radius 3 is 1.93 bits per heavy atom. The molecule has 1 aliphatic carbocycles. The van der Waals surface area contributed by atoms with E-state index in [-0.39, 0.29) is 66.3 Å². The van der Waals surface area contributed by atoms with Crippen LogP contribution < -0.4 is 9.47 Å². The maximum atomic E-state index is 15.1. The predicted octanol–water partition coefficient (Wildman–Crippen LogP) is 11.9. The maximum absolute atomic E-state index is 15.1. The number of amides is 1. The van der Waals surface area contributed by atoms with E-state index in [1.165, 1.54) is 62.8 Å². The molecule has 3 fully saturated rings. The second-order valence-corrected chi connectivity index (χ2v) is 24.7. The SMILES string of the molecule is CC[C@@H]1/C(C)=C/[C@@H](C)[C@H](OC(=O)Oc2ccc([N+](=O)[O-])cc2)C[C@@H]([C@H](C)C[C@@H]2CC[C@@H](OC(=O)Oc3ccc([N+](=O)[O-])cc3)[C@H](OC)C2)OC(=O)[C@@H]2CCCCN2C(=O)C(=O)[C@]2(O)O[C@@H](CC[C@H]2C)C[C@H](OC)/C(C)=C/C=C/C=C/[C@@H](C)C[C@@H](C)C(=O)[C@@H]1OC. The number of aliphatic hydroxyl groups is 1. The van der Waals surface area contributed by atoms with Crippen LogP contribution in [0.15, 0.2) is 96.1 Å². The highest BCUT2D eigenvalue weighted by atomic mass is 16.7. The fourth-order valence-corrected chi connectivity index (χ4v) is 12.9. The van der Waals surface area contributed by atoms with E-state index in [1.54, 1.807) is 21.0 Å². The molecule has 23 nitrogen and oxygen atoms in total. The van der Waals surface area contributed by atoms with Crippen molar-refractivity contribution in [1.29, 1.82) is 0 Å². The van der Waals surface area contributed by atoms with Crippen LogP contribution in [0.1, 0.15) is 139 Å². The lowest BCUT2D eigenvalue weighted by atomic mass is 9.78. The van der Waals surface area contributed by atoms with E-state index >= 15 is 4.79 Å². The van der Waals surface area contributed by atoms with Gasteiger partial charge >= 0.3 is 18.3 Å². The zero-order valence-corrected chi connectivity index (χ0v) is 53.7. The van der Waals surface area contributed by atoms with E-state index in [4.69, 9.17) is 42.6 Å². The average Bonchev–Trinajstić information content (AvgIpc) is 1.09. The van der Waals surface area contributed by atoms with Crippen molar-refractivity contribution in [3.63, 3.8) is 0 Å². The predicted molar refractivity (Wildman–Crippen MR) is 330 cm³/mol. The highest BCUT2D eigenvalue weighted by Gasteiger charge is 2.53. The topological polar surface area (TPSA) is 295 Å². The molecule has 1 amide bonds. The van der Waals surface area contributed by atoms with Crippen molar-refractivity contribution in [3.05, 3.63) is 116 Å². The molecule has 23 heteroatoms. The van der Waals surface area contributed by atoms with Crippen molar-refractivity contribution in [3.8, 4) is 11.5 Å². The van der Waals surface area contributed by atoms with Gasteiger partial charge in [-0.15, -0.1) is 0 Å². The lowest BCUT2D eigenvalue weighted by Crippen LogP contribution is -2.61. The summed E-state index contributed by atoms with van der Waals surface area (Å²) >= 11 is 0. The van der Waals surface area contributed by atoms with Crippen LogP contribution in [-0.4, -0.2) is 138 Å². The quantitative estimate of drug-likeness (QED) is 0.0371. The van der Waals surface area contributed by atoms with Crippen LogP contribution >= 0.6 is 0 Å². The van der Waals surface area contributed by atoms with Crippen LogP contribution in [0.2, 0.25) is 0 Å². The summed E-state index contributed by atoms with van der Waals surface area (Å²) in [5.74, 6) is -8.75. The first-order valence-corrected chi connectivity index (χ1v) is 31.3. The summed E-state index contributed by atoms with van der Waals surface area (Å²) in [6.45, 7) is 14.9. The number of esters is 1. The number of allylic oxidation sites excluding steroid dienone is 5. The van der Waals surface area contributed by atoms with Crippen molar-refractivity contribution in [2.24, 2.45) is 41.4 Å². The van der Waals surface area contributed by atoms with Crippen molar-refractivity contribution in [1.82, 2.24) is 4.90 Å². The van der Waals surface area contributed by atoms with Crippen molar-refractivity contribution >= 4 is 47.1 Å². The summed E-state index contributed by atoms with van der Waals surface area (Å²) in [7, 11) is 4.54. The van der Waals surface area contributed by atoms with Crippen LogP contribution in [0.4, 0.5) is 21.0 Å². The summed E-state index contributed by atoms with van der Waals surface area (Å²) < 4.78 is 53.5. The van der Waals surface area contributed by atoms with Crippen LogP contribution in [0, 0.1) is 61.7 Å². The summed E-state index contributed by atoms with van der Waals surface area (Å²) in [6, 6.07) is 8.51. The molecule has 3 heterocycles. The molecule has 6 rings (SSSR count). The minimum atomic E-state index is -2.53. The third kappa shape index (κ3) is 19.4. The van der Waals surface area contributed by atoms with Gasteiger partial charge in [0.05, 0.1) is 28.2 Å². The Labute approximate surface area is 527 Å². The highest BCUT2D eigenvalue weighted by molar-refractivity contribution is 6.39. The van der Waals surface area contributed by atoms with Crippen LogP contribution in [0.3, 0.4) is 0 Å². The van der Waals surface area contributed by atoms with Crippen LogP contribution in [0.25, 0.3) is 0 Å². The van der Waals surface area contributed by atoms with E-state index in [0.717, 1.165) is 16.0 Å². The van der Waals surface area contributed by atoms with Gasteiger partial charge < -0.3 is 52.6 Å². The molecule has 0 radical (unpaired) electrons. The Kier molecular flexibility index (Phi) is 27.0. The fourth-order valence-electron chi connectivity index (χ4n) is 12.9. The summed E-state index contributed by atoms with van der Waals surface area (Å²) in [5, 5.41) is 34.9. The molecule has 4 aliphatic rings. The maximum Gasteiger partial charge on any atom is 0.514 e. The number of piperidine rings is 1. The minimum Gasteiger partial charge on any atom is -0.460 e. The van der Waals surface area contributed by atoms with Crippen molar-refractivity contribution < 1.29 is 86.4 Å². The highest BCUT2D eigenvalue weighted by Crippen LogP contribution is 2.39. The van der Waals surface area contributed by atoms with E-state index in [0.29, 0.717) is 64.2 Å². The number of non-ortho nitro benzene ring substituents is 2. The third-order valence-corrected chi connectivity index (χ3v) is 18.2. The van der Waals surface area contributed by atoms with E-state index in [1.807, 2.05) is 78.0 Å². The number of carbonyl (C=O) groups excluding carboxylic acids is 6. The lowest BCUT2D eigenvalue weighted by molar-refractivity contribution is -0.385. The Morgan fingerprint density at radius 2 is 1.36 bits per heavy atom. The van der Waals surface area contributed by atoms with Crippen molar-refractivity contribution in [2.75, 3.05) is 27.9 Å². The average molecular weight is 1260 g/mol. The number of nitrogens with zero attached hydrogens (tertiary/aromatic N) is 3. The number of methoxy groups -OCH3 is 3. The molecule has 90 heavy (non-hydrogen) atoms. The number of cyclic esters (lactones) is 1. The Hall–Kier alpha value is -7.18. The van der Waals surface area contributed by atoms with Gasteiger partial charge in [0.1, 0.15) is 42.0 Å². The Balaban J connectivity index is 1.38. The smallest absolute Gasteiger partial charge is 0.460 e. The van der Waals surface area contributed by atoms with Crippen molar-refractivity contribution in [2.45, 2.75) is 193 Å². The molecule has 2 aromatic rings. The Bertz CT molecular complexity index is 2930. The molecule has 0 unspecified atom stereocenters. The second-order valence-electron chi connectivity index (χ2n) is 24.7. The van der Waals surface area contributed by atoms with E-state index in [9.17, 15) is 49.3 Å². The normalized spacial score (nSPS) is 32.9. The monoisotopic (exact) mass is 1260 g/mol. The molecular weight excluding hydrogens is 1170 g/mol. The first-order valence-electron chi connectivity index (χ1n) is 31.3. The largest absolute Gasteiger partial charge is 0.514 e. The molecule has 2 bridgehead atoms. The summed E-state index contributed by atoms with van der Waals surface area (Å²) in [5.41, 5.74) is 1.18. The van der Waals surface area contributed by atoms with E-state index in [2.05, 4.69) is 0 Å². The molecule has 3 aliphatic heterocycles.